The number of fused-ring (bicyclic) bond motifs is 1. The highest BCUT2D eigenvalue weighted by Crippen LogP contribution is 2.28. The number of anilines is 2. The van der Waals surface area contributed by atoms with Crippen molar-refractivity contribution < 1.29 is 0 Å². The molecular weight excluding hydrogens is 232 g/mol. The summed E-state index contributed by atoms with van der Waals surface area (Å²) in [6.45, 7) is 0. The summed E-state index contributed by atoms with van der Waals surface area (Å²) in [5.41, 5.74) is 8.92. The lowest BCUT2D eigenvalue weighted by Gasteiger charge is -2.24. The minimum Gasteiger partial charge on any atom is -0.397 e. The first kappa shape index (κ1) is 10.8. The summed E-state index contributed by atoms with van der Waals surface area (Å²) in [6, 6.07) is 4.58. The Balaban J connectivity index is 1.85. The quantitative estimate of drug-likeness (QED) is 0.714. The first-order valence-corrected chi connectivity index (χ1v) is 7.05. The Bertz CT molecular complexity index is 516. The van der Waals surface area contributed by atoms with E-state index < -0.39 is 0 Å². The molecule has 1 aliphatic rings. The van der Waals surface area contributed by atoms with E-state index in [0.29, 0.717) is 6.04 Å². The fraction of sp³-hybridized carbons (Fsp3) is 0.417. The normalized spacial score (nSPS) is 17.4. The summed E-state index contributed by atoms with van der Waals surface area (Å²) >= 11 is 2.03. The third-order valence-electron chi connectivity index (χ3n) is 3.19. The fourth-order valence-electron chi connectivity index (χ4n) is 2.20. The van der Waals surface area contributed by atoms with Crippen LogP contribution in [0.15, 0.2) is 18.3 Å². The summed E-state index contributed by atoms with van der Waals surface area (Å²) in [5.74, 6) is 2.48. The number of nitrogens with one attached hydrogen (secondary N) is 2. The van der Waals surface area contributed by atoms with Crippen LogP contribution in [0.3, 0.4) is 0 Å². The summed E-state index contributed by atoms with van der Waals surface area (Å²) in [7, 11) is 0. The third-order valence-corrected chi connectivity index (χ3v) is 4.24. The second kappa shape index (κ2) is 4.49. The van der Waals surface area contributed by atoms with Gasteiger partial charge in [0.15, 0.2) is 0 Å². The Morgan fingerprint density at radius 2 is 2.18 bits per heavy atom. The average Bonchev–Trinajstić information content (AvgIpc) is 2.78. The van der Waals surface area contributed by atoms with Crippen LogP contribution in [0.2, 0.25) is 0 Å². The van der Waals surface area contributed by atoms with E-state index in [1.807, 2.05) is 17.8 Å². The van der Waals surface area contributed by atoms with E-state index in [2.05, 4.69) is 21.6 Å². The number of nitrogens with two attached hydrogens (primary N) is 1. The van der Waals surface area contributed by atoms with Gasteiger partial charge in [0.2, 0.25) is 0 Å². The number of nitrogen functional groups attached to an aromatic ring is 1. The molecule has 1 aromatic carbocycles. The summed E-state index contributed by atoms with van der Waals surface area (Å²) in [5, 5.41) is 11.6. The lowest BCUT2D eigenvalue weighted by molar-refractivity contribution is 0.667. The number of aromatic amines is 1. The largest absolute Gasteiger partial charge is 0.397 e. The van der Waals surface area contributed by atoms with Gasteiger partial charge in [-0.1, -0.05) is 0 Å². The van der Waals surface area contributed by atoms with Crippen molar-refractivity contribution in [2.45, 2.75) is 18.9 Å². The topological polar surface area (TPSA) is 66.7 Å². The van der Waals surface area contributed by atoms with Gasteiger partial charge >= 0.3 is 0 Å². The van der Waals surface area contributed by atoms with E-state index in [0.717, 1.165) is 22.3 Å². The Hall–Kier alpha value is -1.36. The number of hydrogen-bond acceptors (Lipinski definition) is 4. The van der Waals surface area contributed by atoms with Gasteiger partial charge < -0.3 is 11.1 Å². The van der Waals surface area contributed by atoms with E-state index in [4.69, 9.17) is 5.73 Å². The second-order valence-electron chi connectivity index (χ2n) is 4.43. The standard InChI is InChI=1S/C12H16N4S/c13-10-5-8-7-14-16-11(8)6-12(10)15-9-1-3-17-4-2-9/h5-7,9,15H,1-4,13H2,(H,14,16). The molecule has 17 heavy (non-hydrogen) atoms. The molecule has 1 aromatic heterocycles. The molecule has 0 radical (unpaired) electrons. The minimum atomic E-state index is 0.555. The van der Waals surface area contributed by atoms with Crippen molar-refractivity contribution in [1.82, 2.24) is 10.2 Å². The highest BCUT2D eigenvalue weighted by atomic mass is 32.2. The van der Waals surface area contributed by atoms with Gasteiger partial charge in [-0.25, -0.2) is 0 Å². The van der Waals surface area contributed by atoms with Crippen LogP contribution < -0.4 is 11.1 Å². The number of rotatable bonds is 2. The van der Waals surface area contributed by atoms with Crippen molar-refractivity contribution in [1.29, 1.82) is 0 Å². The zero-order valence-corrected chi connectivity index (χ0v) is 10.4. The van der Waals surface area contributed by atoms with E-state index in [-0.39, 0.29) is 0 Å². The molecule has 4 nitrogen and oxygen atoms in total. The van der Waals surface area contributed by atoms with Crippen LogP contribution in [0.4, 0.5) is 11.4 Å². The van der Waals surface area contributed by atoms with Crippen molar-refractivity contribution in [3.63, 3.8) is 0 Å². The lowest BCUT2D eigenvalue weighted by Crippen LogP contribution is -2.24. The number of hydrogen-bond donors (Lipinski definition) is 3. The van der Waals surface area contributed by atoms with Gasteiger partial charge in [-0.15, -0.1) is 0 Å². The molecule has 0 saturated carbocycles. The van der Waals surface area contributed by atoms with Gasteiger partial charge in [-0.2, -0.15) is 16.9 Å². The maximum atomic E-state index is 6.05. The van der Waals surface area contributed by atoms with E-state index in [1.165, 1.54) is 24.3 Å². The van der Waals surface area contributed by atoms with Gasteiger partial charge in [0.05, 0.1) is 23.1 Å². The Morgan fingerprint density at radius 1 is 1.35 bits per heavy atom. The molecule has 0 amide bonds. The first-order chi connectivity index (χ1) is 8.33. The lowest BCUT2D eigenvalue weighted by atomic mass is 10.1. The Kier molecular flexibility index (Phi) is 2.84. The van der Waals surface area contributed by atoms with E-state index in [9.17, 15) is 0 Å². The van der Waals surface area contributed by atoms with Gasteiger partial charge in [-0.3, -0.25) is 5.10 Å². The highest BCUT2D eigenvalue weighted by molar-refractivity contribution is 7.99. The van der Waals surface area contributed by atoms with Gasteiger partial charge in [0, 0.05) is 11.4 Å². The van der Waals surface area contributed by atoms with Crippen LogP contribution in [0.5, 0.6) is 0 Å². The molecule has 1 saturated heterocycles. The molecule has 0 spiro atoms. The van der Waals surface area contributed by atoms with Crippen molar-refractivity contribution in [3.05, 3.63) is 18.3 Å². The maximum Gasteiger partial charge on any atom is 0.0672 e. The number of H-pyrrole nitrogens is 1. The molecular formula is C12H16N4S. The van der Waals surface area contributed by atoms with Crippen molar-refractivity contribution >= 4 is 34.0 Å². The van der Waals surface area contributed by atoms with Crippen LogP contribution in [-0.4, -0.2) is 27.7 Å². The number of thioether (sulfide) groups is 1. The van der Waals surface area contributed by atoms with Crippen molar-refractivity contribution in [3.8, 4) is 0 Å². The smallest absolute Gasteiger partial charge is 0.0672 e. The van der Waals surface area contributed by atoms with E-state index in [1.54, 1.807) is 6.20 Å². The van der Waals surface area contributed by atoms with Gasteiger partial charge in [0.1, 0.15) is 0 Å². The Morgan fingerprint density at radius 3 is 3.00 bits per heavy atom. The number of benzene rings is 1. The van der Waals surface area contributed by atoms with Gasteiger partial charge in [0.25, 0.3) is 0 Å². The molecule has 2 heterocycles. The zero-order chi connectivity index (χ0) is 11.7. The summed E-state index contributed by atoms with van der Waals surface area (Å²) in [4.78, 5) is 0. The summed E-state index contributed by atoms with van der Waals surface area (Å²) in [6.07, 6.45) is 4.23. The van der Waals surface area contributed by atoms with Crippen LogP contribution in [0, 0.1) is 0 Å². The maximum absolute atomic E-state index is 6.05. The van der Waals surface area contributed by atoms with Crippen LogP contribution >= 0.6 is 11.8 Å². The number of aromatic nitrogens is 2. The molecule has 0 aliphatic carbocycles. The van der Waals surface area contributed by atoms with Crippen molar-refractivity contribution in [2.24, 2.45) is 0 Å². The first-order valence-electron chi connectivity index (χ1n) is 5.90. The number of nitrogens with zero attached hydrogens (tertiary/aromatic N) is 1. The third kappa shape index (κ3) is 2.20. The van der Waals surface area contributed by atoms with Crippen molar-refractivity contribution in [2.75, 3.05) is 22.6 Å². The molecule has 1 fully saturated rings. The molecule has 4 N–H and O–H groups in total. The predicted molar refractivity (Wildman–Crippen MR) is 74.5 cm³/mol. The molecule has 90 valence electrons. The molecule has 0 atom stereocenters. The minimum absolute atomic E-state index is 0.555. The SMILES string of the molecule is Nc1cc2cn[nH]c2cc1NC1CCSCC1. The van der Waals surface area contributed by atoms with E-state index >= 15 is 0 Å². The molecule has 5 heteroatoms. The predicted octanol–water partition coefficient (Wildman–Crippen LogP) is 2.45. The molecule has 0 unspecified atom stereocenters. The monoisotopic (exact) mass is 248 g/mol. The average molecular weight is 248 g/mol. The Labute approximate surface area is 104 Å². The van der Waals surface area contributed by atoms with Gasteiger partial charge in [-0.05, 0) is 36.5 Å². The van der Waals surface area contributed by atoms with Crippen LogP contribution in [0.25, 0.3) is 10.9 Å². The fourth-order valence-corrected chi connectivity index (χ4v) is 3.30. The molecule has 1 aliphatic heterocycles. The highest BCUT2D eigenvalue weighted by Gasteiger charge is 2.14. The summed E-state index contributed by atoms with van der Waals surface area (Å²) < 4.78 is 0. The zero-order valence-electron chi connectivity index (χ0n) is 9.57. The molecule has 2 aromatic rings. The van der Waals surface area contributed by atoms with Crippen LogP contribution in [-0.2, 0) is 0 Å². The second-order valence-corrected chi connectivity index (χ2v) is 5.65. The molecule has 3 rings (SSSR count). The van der Waals surface area contributed by atoms with Crippen LogP contribution in [0.1, 0.15) is 12.8 Å². The molecule has 0 bridgehead atoms.